The van der Waals surface area contributed by atoms with Crippen LogP contribution in [0.4, 0.5) is 0 Å². The number of amides is 1. The highest BCUT2D eigenvalue weighted by Crippen LogP contribution is 2.25. The molecule has 0 radical (unpaired) electrons. The third kappa shape index (κ3) is 2.93. The van der Waals surface area contributed by atoms with Crippen molar-refractivity contribution in [3.63, 3.8) is 0 Å². The zero-order valence-electron chi connectivity index (χ0n) is 11.2. The second-order valence-electron chi connectivity index (χ2n) is 5.58. The summed E-state index contributed by atoms with van der Waals surface area (Å²) >= 11 is 0. The molecule has 1 heterocycles. The predicted octanol–water partition coefficient (Wildman–Crippen LogP) is 2.63. The molecule has 1 aliphatic heterocycles. The van der Waals surface area contributed by atoms with Gasteiger partial charge in [-0.2, -0.15) is 0 Å². The Bertz CT molecular complexity index is 475. The summed E-state index contributed by atoms with van der Waals surface area (Å²) in [6.45, 7) is 4.04. The first-order valence-corrected chi connectivity index (χ1v) is 6.87. The lowest BCUT2D eigenvalue weighted by Crippen LogP contribution is -2.36. The molecule has 0 saturated heterocycles. The van der Waals surface area contributed by atoms with E-state index in [1.54, 1.807) is 0 Å². The molecule has 1 aromatic carbocycles. The largest absolute Gasteiger partial charge is 0.349 e. The number of carbonyl (C=O) groups is 1. The van der Waals surface area contributed by atoms with Crippen LogP contribution in [0.3, 0.4) is 0 Å². The van der Waals surface area contributed by atoms with E-state index in [-0.39, 0.29) is 18.3 Å². The van der Waals surface area contributed by atoms with Crippen LogP contribution in [0.15, 0.2) is 18.2 Å². The van der Waals surface area contributed by atoms with Gasteiger partial charge in [0.15, 0.2) is 0 Å². The lowest BCUT2D eigenvalue weighted by Gasteiger charge is -2.17. The van der Waals surface area contributed by atoms with Gasteiger partial charge >= 0.3 is 0 Å². The van der Waals surface area contributed by atoms with E-state index in [2.05, 4.69) is 23.6 Å². The van der Waals surface area contributed by atoms with Gasteiger partial charge in [-0.3, -0.25) is 4.79 Å². The van der Waals surface area contributed by atoms with Crippen molar-refractivity contribution < 1.29 is 4.79 Å². The summed E-state index contributed by atoms with van der Waals surface area (Å²) in [5, 5.41) is 6.48. The molecular weight excluding hydrogens is 260 g/mol. The van der Waals surface area contributed by atoms with Crippen LogP contribution in [0.5, 0.6) is 0 Å². The number of fused-ring (bicyclic) bond motifs is 1. The Hall–Kier alpha value is -1.06. The Morgan fingerprint density at radius 3 is 2.79 bits per heavy atom. The Morgan fingerprint density at radius 2 is 2.05 bits per heavy atom. The maximum absolute atomic E-state index is 12.2. The highest BCUT2D eigenvalue weighted by atomic mass is 35.5. The average molecular weight is 281 g/mol. The quantitative estimate of drug-likeness (QED) is 0.874. The number of nitrogens with one attached hydrogen (secondary N) is 2. The van der Waals surface area contributed by atoms with Crippen molar-refractivity contribution in [2.24, 2.45) is 5.92 Å². The van der Waals surface area contributed by atoms with Crippen molar-refractivity contribution in [1.82, 2.24) is 10.6 Å². The molecule has 104 valence electrons. The molecule has 2 atom stereocenters. The Kier molecular flexibility index (Phi) is 4.48. The summed E-state index contributed by atoms with van der Waals surface area (Å²) in [5.41, 5.74) is 3.39. The molecule has 1 amide bonds. The van der Waals surface area contributed by atoms with Crippen LogP contribution in [0.25, 0.3) is 0 Å². The number of hydrogen-bond donors (Lipinski definition) is 2. The molecule has 1 aromatic rings. The average Bonchev–Trinajstić information content (AvgIpc) is 2.98. The van der Waals surface area contributed by atoms with Crippen LogP contribution in [0.1, 0.15) is 47.7 Å². The fraction of sp³-hybridized carbons (Fsp3) is 0.533. The molecule has 1 aliphatic carbocycles. The highest BCUT2D eigenvalue weighted by Gasteiger charge is 2.25. The minimum Gasteiger partial charge on any atom is -0.349 e. The fourth-order valence-corrected chi connectivity index (χ4v) is 3.05. The molecule has 2 N–H and O–H groups in total. The van der Waals surface area contributed by atoms with E-state index in [1.807, 2.05) is 12.1 Å². The SMILES string of the molecule is CC1CCCC1NC(=O)c1ccc2c(c1)CNC2.Cl. The van der Waals surface area contributed by atoms with Crippen molar-refractivity contribution in [2.75, 3.05) is 0 Å². The van der Waals surface area contributed by atoms with Crippen LogP contribution >= 0.6 is 12.4 Å². The Morgan fingerprint density at radius 1 is 1.26 bits per heavy atom. The summed E-state index contributed by atoms with van der Waals surface area (Å²) in [6.07, 6.45) is 3.60. The summed E-state index contributed by atoms with van der Waals surface area (Å²) < 4.78 is 0. The Labute approximate surface area is 120 Å². The van der Waals surface area contributed by atoms with Gasteiger partial charge in [0.1, 0.15) is 0 Å². The number of carbonyl (C=O) groups excluding carboxylic acids is 1. The van der Waals surface area contributed by atoms with E-state index in [1.165, 1.54) is 24.0 Å². The molecule has 4 heteroatoms. The lowest BCUT2D eigenvalue weighted by atomic mass is 10.0. The third-order valence-corrected chi connectivity index (χ3v) is 4.28. The second-order valence-corrected chi connectivity index (χ2v) is 5.58. The van der Waals surface area contributed by atoms with Crippen LogP contribution in [-0.4, -0.2) is 11.9 Å². The number of benzene rings is 1. The minimum absolute atomic E-state index is 0. The molecule has 0 aromatic heterocycles. The normalized spacial score (nSPS) is 24.7. The number of rotatable bonds is 2. The molecule has 1 fully saturated rings. The van der Waals surface area contributed by atoms with E-state index in [0.717, 1.165) is 25.1 Å². The van der Waals surface area contributed by atoms with E-state index in [9.17, 15) is 4.79 Å². The lowest BCUT2D eigenvalue weighted by molar-refractivity contribution is 0.0929. The van der Waals surface area contributed by atoms with Crippen molar-refractivity contribution >= 4 is 18.3 Å². The second kappa shape index (κ2) is 5.93. The van der Waals surface area contributed by atoms with Crippen LogP contribution in [0.2, 0.25) is 0 Å². The van der Waals surface area contributed by atoms with E-state index >= 15 is 0 Å². The van der Waals surface area contributed by atoms with Crippen molar-refractivity contribution in [3.05, 3.63) is 34.9 Å². The smallest absolute Gasteiger partial charge is 0.251 e. The van der Waals surface area contributed by atoms with Gasteiger partial charge in [0.25, 0.3) is 5.91 Å². The van der Waals surface area contributed by atoms with Gasteiger partial charge in [-0.15, -0.1) is 12.4 Å². The summed E-state index contributed by atoms with van der Waals surface area (Å²) in [4.78, 5) is 12.2. The van der Waals surface area contributed by atoms with Crippen molar-refractivity contribution in [3.8, 4) is 0 Å². The highest BCUT2D eigenvalue weighted by molar-refractivity contribution is 5.94. The number of halogens is 1. The molecule has 0 bridgehead atoms. The third-order valence-electron chi connectivity index (χ3n) is 4.28. The van der Waals surface area contributed by atoms with E-state index in [0.29, 0.717) is 12.0 Å². The fourth-order valence-electron chi connectivity index (χ4n) is 3.05. The number of hydrogen-bond acceptors (Lipinski definition) is 2. The molecule has 3 nitrogen and oxygen atoms in total. The topological polar surface area (TPSA) is 41.1 Å². The van der Waals surface area contributed by atoms with Gasteiger partial charge in [0.05, 0.1) is 0 Å². The van der Waals surface area contributed by atoms with Gasteiger partial charge in [0, 0.05) is 24.7 Å². The van der Waals surface area contributed by atoms with Crippen LogP contribution in [-0.2, 0) is 13.1 Å². The molecule has 3 rings (SSSR count). The van der Waals surface area contributed by atoms with Gasteiger partial charge in [-0.05, 0) is 42.0 Å². The zero-order valence-corrected chi connectivity index (χ0v) is 12.1. The minimum atomic E-state index is 0. The molecular formula is C15H21ClN2O. The van der Waals surface area contributed by atoms with Crippen molar-refractivity contribution in [2.45, 2.75) is 45.3 Å². The molecule has 1 saturated carbocycles. The maximum atomic E-state index is 12.2. The first kappa shape index (κ1) is 14.4. The summed E-state index contributed by atoms with van der Waals surface area (Å²) in [6, 6.07) is 6.41. The zero-order chi connectivity index (χ0) is 12.5. The van der Waals surface area contributed by atoms with Gasteiger partial charge in [0.2, 0.25) is 0 Å². The predicted molar refractivity (Wildman–Crippen MR) is 78.5 cm³/mol. The first-order valence-electron chi connectivity index (χ1n) is 6.87. The molecule has 2 aliphatic rings. The Balaban J connectivity index is 0.00000133. The van der Waals surface area contributed by atoms with Gasteiger partial charge in [-0.25, -0.2) is 0 Å². The van der Waals surface area contributed by atoms with E-state index in [4.69, 9.17) is 0 Å². The molecule has 0 spiro atoms. The monoisotopic (exact) mass is 280 g/mol. The molecule has 19 heavy (non-hydrogen) atoms. The molecule has 2 unspecified atom stereocenters. The van der Waals surface area contributed by atoms with Crippen molar-refractivity contribution in [1.29, 1.82) is 0 Å². The van der Waals surface area contributed by atoms with Crippen LogP contribution < -0.4 is 10.6 Å². The first-order chi connectivity index (χ1) is 8.74. The standard InChI is InChI=1S/C15H20N2O.ClH/c1-10-3-2-4-14(10)17-15(18)11-5-6-12-8-16-9-13(12)7-11;/h5-7,10,14,16H,2-4,8-9H2,1H3,(H,17,18);1H. The summed E-state index contributed by atoms with van der Waals surface area (Å²) in [5.74, 6) is 0.702. The summed E-state index contributed by atoms with van der Waals surface area (Å²) in [7, 11) is 0. The van der Waals surface area contributed by atoms with Crippen LogP contribution in [0, 0.1) is 5.92 Å². The van der Waals surface area contributed by atoms with Gasteiger partial charge in [-0.1, -0.05) is 19.4 Å². The maximum Gasteiger partial charge on any atom is 0.251 e. The van der Waals surface area contributed by atoms with Gasteiger partial charge < -0.3 is 10.6 Å². The van der Waals surface area contributed by atoms with E-state index < -0.39 is 0 Å².